The molecule has 1 aromatic heterocycles. The number of fused-ring (bicyclic) bond motifs is 1. The quantitative estimate of drug-likeness (QED) is 0.730. The summed E-state index contributed by atoms with van der Waals surface area (Å²) in [6.07, 6.45) is 0. The predicted octanol–water partition coefficient (Wildman–Crippen LogP) is 3.96. The van der Waals surface area contributed by atoms with Gasteiger partial charge in [0.05, 0.1) is 11.2 Å². The summed E-state index contributed by atoms with van der Waals surface area (Å²) in [7, 11) is 0. The van der Waals surface area contributed by atoms with E-state index in [1.54, 1.807) is 24.3 Å². The van der Waals surface area contributed by atoms with Crippen molar-refractivity contribution in [2.24, 2.45) is 0 Å². The highest BCUT2D eigenvalue weighted by Crippen LogP contribution is 2.23. The van der Waals surface area contributed by atoms with Crippen LogP contribution in [0.3, 0.4) is 0 Å². The molecule has 1 heterocycles. The Morgan fingerprint density at radius 2 is 2.09 bits per heavy atom. The van der Waals surface area contributed by atoms with Crippen LogP contribution in [0.4, 0.5) is 5.69 Å². The van der Waals surface area contributed by atoms with E-state index in [4.69, 9.17) is 16.0 Å². The van der Waals surface area contributed by atoms with Gasteiger partial charge < -0.3 is 9.73 Å². The first-order valence-corrected chi connectivity index (χ1v) is 7.96. The smallest absolute Gasteiger partial charge is 0.408 e. The van der Waals surface area contributed by atoms with E-state index >= 15 is 0 Å². The van der Waals surface area contributed by atoms with Crippen LogP contribution in [0.15, 0.2) is 50.1 Å². The van der Waals surface area contributed by atoms with Crippen molar-refractivity contribution in [2.45, 2.75) is 13.5 Å². The summed E-state index contributed by atoms with van der Waals surface area (Å²) in [6.45, 7) is 1.80. The Kier molecular flexibility index (Phi) is 4.28. The molecule has 1 amide bonds. The summed E-state index contributed by atoms with van der Waals surface area (Å²) in [5, 5.41) is 3.23. The lowest BCUT2D eigenvalue weighted by Gasteiger charge is -2.08. The zero-order chi connectivity index (χ0) is 16.6. The van der Waals surface area contributed by atoms with Gasteiger partial charge in [-0.3, -0.25) is 9.36 Å². The average Bonchev–Trinajstić information content (AvgIpc) is 2.78. The normalized spacial score (nSPS) is 10.9. The highest BCUT2D eigenvalue weighted by Gasteiger charge is 2.14. The largest absolute Gasteiger partial charge is 0.420 e. The molecule has 0 aliphatic carbocycles. The summed E-state index contributed by atoms with van der Waals surface area (Å²) in [4.78, 5) is 24.1. The van der Waals surface area contributed by atoms with Gasteiger partial charge >= 0.3 is 5.76 Å². The number of aromatic nitrogens is 1. The second-order valence-corrected chi connectivity index (χ2v) is 6.39. The van der Waals surface area contributed by atoms with Crippen molar-refractivity contribution in [1.29, 1.82) is 0 Å². The van der Waals surface area contributed by atoms with Gasteiger partial charge in [-0.05, 0) is 58.7 Å². The van der Waals surface area contributed by atoms with Gasteiger partial charge in [-0.2, -0.15) is 0 Å². The van der Waals surface area contributed by atoms with Crippen LogP contribution < -0.4 is 11.1 Å². The maximum Gasteiger partial charge on any atom is 0.420 e. The topological polar surface area (TPSA) is 64.2 Å². The summed E-state index contributed by atoms with van der Waals surface area (Å²) in [5.41, 5.74) is 2.59. The summed E-state index contributed by atoms with van der Waals surface area (Å²) in [5.74, 6) is -0.931. The van der Waals surface area contributed by atoms with Crippen molar-refractivity contribution in [1.82, 2.24) is 4.57 Å². The Bertz CT molecular complexity index is 962. The minimum Gasteiger partial charge on any atom is -0.408 e. The fraction of sp³-hybridized carbons (Fsp3) is 0.125. The standard InChI is InChI=1S/C16H12BrClN2O3/c1-9-2-4-12(11(17)6-9)19-15(21)8-20-13-7-10(18)3-5-14(13)23-16(20)22/h2-7H,8H2,1H3,(H,19,21). The third kappa shape index (κ3) is 3.33. The first kappa shape index (κ1) is 15.8. The van der Waals surface area contributed by atoms with Crippen molar-refractivity contribution in [3.05, 3.63) is 62.0 Å². The van der Waals surface area contributed by atoms with E-state index in [1.165, 1.54) is 4.57 Å². The van der Waals surface area contributed by atoms with Crippen LogP contribution in [0, 0.1) is 6.92 Å². The Balaban J connectivity index is 1.87. The van der Waals surface area contributed by atoms with Crippen LogP contribution in [0.1, 0.15) is 5.56 Å². The van der Waals surface area contributed by atoms with Crippen LogP contribution in [0.2, 0.25) is 5.02 Å². The van der Waals surface area contributed by atoms with Gasteiger partial charge in [0.25, 0.3) is 0 Å². The molecule has 0 aliphatic heterocycles. The highest BCUT2D eigenvalue weighted by molar-refractivity contribution is 9.10. The number of oxazole rings is 1. The fourth-order valence-corrected chi connectivity index (χ4v) is 3.00. The lowest BCUT2D eigenvalue weighted by Crippen LogP contribution is -2.24. The van der Waals surface area contributed by atoms with Gasteiger partial charge in [0.15, 0.2) is 5.58 Å². The third-order valence-electron chi connectivity index (χ3n) is 3.33. The molecule has 118 valence electrons. The van der Waals surface area contributed by atoms with E-state index in [2.05, 4.69) is 21.2 Å². The van der Waals surface area contributed by atoms with Gasteiger partial charge in [0.2, 0.25) is 5.91 Å². The first-order valence-electron chi connectivity index (χ1n) is 6.79. The Morgan fingerprint density at radius 3 is 2.83 bits per heavy atom. The van der Waals surface area contributed by atoms with Crippen LogP contribution in [-0.4, -0.2) is 10.5 Å². The number of carbonyl (C=O) groups is 1. The molecule has 0 atom stereocenters. The van der Waals surface area contributed by atoms with Crippen LogP contribution in [0.5, 0.6) is 0 Å². The molecule has 7 heteroatoms. The SMILES string of the molecule is Cc1ccc(NC(=O)Cn2c(=O)oc3ccc(Cl)cc32)c(Br)c1. The number of anilines is 1. The van der Waals surface area contributed by atoms with Crippen molar-refractivity contribution >= 4 is 50.2 Å². The Labute approximate surface area is 145 Å². The molecule has 0 aliphatic rings. The number of carbonyl (C=O) groups excluding carboxylic acids is 1. The van der Waals surface area contributed by atoms with E-state index in [0.29, 0.717) is 21.8 Å². The zero-order valence-electron chi connectivity index (χ0n) is 12.1. The van der Waals surface area contributed by atoms with Gasteiger partial charge in [-0.25, -0.2) is 4.79 Å². The number of benzene rings is 2. The van der Waals surface area contributed by atoms with Gasteiger partial charge in [-0.1, -0.05) is 17.7 Å². The molecule has 3 aromatic rings. The molecular formula is C16H12BrClN2O3. The van der Waals surface area contributed by atoms with Crippen molar-refractivity contribution in [3.63, 3.8) is 0 Å². The third-order valence-corrected chi connectivity index (χ3v) is 4.22. The lowest BCUT2D eigenvalue weighted by molar-refractivity contribution is -0.116. The minimum absolute atomic E-state index is 0.160. The maximum absolute atomic E-state index is 12.2. The molecule has 0 bridgehead atoms. The van der Waals surface area contributed by atoms with Crippen molar-refractivity contribution in [2.75, 3.05) is 5.32 Å². The average molecular weight is 396 g/mol. The molecule has 23 heavy (non-hydrogen) atoms. The maximum atomic E-state index is 12.2. The molecule has 1 N–H and O–H groups in total. The molecule has 0 saturated heterocycles. The van der Waals surface area contributed by atoms with E-state index in [9.17, 15) is 9.59 Å². The number of hydrogen-bond acceptors (Lipinski definition) is 3. The molecule has 3 rings (SSSR count). The van der Waals surface area contributed by atoms with E-state index in [1.807, 2.05) is 19.1 Å². The molecule has 0 saturated carbocycles. The molecule has 0 unspecified atom stereocenters. The number of hydrogen-bond donors (Lipinski definition) is 1. The number of nitrogens with zero attached hydrogens (tertiary/aromatic N) is 1. The second kappa shape index (κ2) is 6.22. The van der Waals surface area contributed by atoms with Gasteiger partial charge in [0, 0.05) is 9.50 Å². The van der Waals surface area contributed by atoms with Crippen LogP contribution in [-0.2, 0) is 11.3 Å². The van der Waals surface area contributed by atoms with Crippen molar-refractivity contribution in [3.8, 4) is 0 Å². The number of amides is 1. The zero-order valence-corrected chi connectivity index (χ0v) is 14.4. The number of rotatable bonds is 3. The molecule has 0 fully saturated rings. The second-order valence-electron chi connectivity index (χ2n) is 5.10. The lowest BCUT2D eigenvalue weighted by atomic mass is 10.2. The minimum atomic E-state index is -0.597. The molecule has 2 aromatic carbocycles. The molecular weight excluding hydrogens is 384 g/mol. The summed E-state index contributed by atoms with van der Waals surface area (Å²) < 4.78 is 7.13. The fourth-order valence-electron chi connectivity index (χ4n) is 2.24. The number of halogens is 2. The molecule has 5 nitrogen and oxygen atoms in total. The summed E-state index contributed by atoms with van der Waals surface area (Å²) >= 11 is 9.34. The Hall–Kier alpha value is -2.05. The molecule has 0 radical (unpaired) electrons. The monoisotopic (exact) mass is 394 g/mol. The van der Waals surface area contributed by atoms with Gasteiger partial charge in [0.1, 0.15) is 6.54 Å². The van der Waals surface area contributed by atoms with Crippen LogP contribution in [0.25, 0.3) is 11.1 Å². The van der Waals surface area contributed by atoms with Crippen LogP contribution >= 0.6 is 27.5 Å². The first-order chi connectivity index (χ1) is 10.9. The number of nitrogens with one attached hydrogen (secondary N) is 1. The van der Waals surface area contributed by atoms with Gasteiger partial charge in [-0.15, -0.1) is 0 Å². The Morgan fingerprint density at radius 1 is 1.30 bits per heavy atom. The predicted molar refractivity (Wildman–Crippen MR) is 93.0 cm³/mol. The van der Waals surface area contributed by atoms with Crippen molar-refractivity contribution < 1.29 is 9.21 Å². The van der Waals surface area contributed by atoms with E-state index < -0.39 is 5.76 Å². The molecule has 0 spiro atoms. The highest BCUT2D eigenvalue weighted by atomic mass is 79.9. The van der Waals surface area contributed by atoms with E-state index in [-0.39, 0.29) is 12.5 Å². The van der Waals surface area contributed by atoms with E-state index in [0.717, 1.165) is 10.0 Å². The summed E-state index contributed by atoms with van der Waals surface area (Å²) in [6, 6.07) is 10.4. The number of aryl methyl sites for hydroxylation is 1.